The van der Waals surface area contributed by atoms with E-state index in [1.165, 1.54) is 0 Å². The number of anilines is 1. The SMILES string of the molecule is CCCNC(=O)C(C)(C)COc1cccc2c1C(N)=NS(=O)N2. The van der Waals surface area contributed by atoms with Crippen molar-refractivity contribution in [2.75, 3.05) is 17.9 Å². The molecule has 1 aliphatic heterocycles. The van der Waals surface area contributed by atoms with Crippen molar-refractivity contribution >= 4 is 28.6 Å². The molecular weight excluding hydrogens is 316 g/mol. The summed E-state index contributed by atoms with van der Waals surface area (Å²) in [5, 5.41) is 2.87. The van der Waals surface area contributed by atoms with Gasteiger partial charge in [0.1, 0.15) is 18.2 Å². The molecule has 1 amide bonds. The maximum absolute atomic E-state index is 12.1. The highest BCUT2D eigenvalue weighted by atomic mass is 32.2. The van der Waals surface area contributed by atoms with Gasteiger partial charge in [-0.3, -0.25) is 9.52 Å². The molecule has 1 heterocycles. The van der Waals surface area contributed by atoms with Gasteiger partial charge in [-0.2, -0.15) is 4.40 Å². The van der Waals surface area contributed by atoms with Crippen LogP contribution in [-0.4, -0.2) is 29.1 Å². The largest absolute Gasteiger partial charge is 0.492 e. The highest BCUT2D eigenvalue weighted by molar-refractivity contribution is 7.85. The molecule has 0 fully saturated rings. The monoisotopic (exact) mass is 338 g/mol. The number of ether oxygens (including phenoxy) is 1. The lowest BCUT2D eigenvalue weighted by Gasteiger charge is -2.25. The number of amides is 1. The Morgan fingerprint density at radius 1 is 1.48 bits per heavy atom. The lowest BCUT2D eigenvalue weighted by molar-refractivity contribution is -0.130. The number of hydrogen-bond acceptors (Lipinski definition) is 4. The molecule has 2 rings (SSSR count). The Kier molecular flexibility index (Phi) is 5.25. The second-order valence-electron chi connectivity index (χ2n) is 5.93. The van der Waals surface area contributed by atoms with E-state index in [0.29, 0.717) is 23.5 Å². The number of nitrogens with zero attached hydrogens (tertiary/aromatic N) is 1. The summed E-state index contributed by atoms with van der Waals surface area (Å²) in [4.78, 5) is 12.1. The van der Waals surface area contributed by atoms with Gasteiger partial charge < -0.3 is 15.8 Å². The van der Waals surface area contributed by atoms with Crippen molar-refractivity contribution in [3.05, 3.63) is 23.8 Å². The zero-order valence-electron chi connectivity index (χ0n) is 13.5. The van der Waals surface area contributed by atoms with E-state index in [9.17, 15) is 9.00 Å². The molecule has 0 aromatic heterocycles. The van der Waals surface area contributed by atoms with E-state index in [1.54, 1.807) is 18.2 Å². The molecule has 1 aliphatic rings. The first kappa shape index (κ1) is 17.3. The minimum atomic E-state index is -1.58. The number of rotatable bonds is 6. The van der Waals surface area contributed by atoms with Crippen molar-refractivity contribution in [1.29, 1.82) is 0 Å². The number of hydrogen-bond donors (Lipinski definition) is 3. The average molecular weight is 338 g/mol. The van der Waals surface area contributed by atoms with Crippen molar-refractivity contribution in [3.63, 3.8) is 0 Å². The van der Waals surface area contributed by atoms with Crippen LogP contribution < -0.4 is 20.5 Å². The quantitative estimate of drug-likeness (QED) is 0.727. The van der Waals surface area contributed by atoms with Crippen LogP contribution in [-0.2, 0) is 16.0 Å². The van der Waals surface area contributed by atoms with E-state index in [1.807, 2.05) is 20.8 Å². The summed E-state index contributed by atoms with van der Waals surface area (Å²) in [6.45, 7) is 6.46. The first-order chi connectivity index (χ1) is 10.8. The molecule has 1 aromatic carbocycles. The average Bonchev–Trinajstić information content (AvgIpc) is 2.49. The lowest BCUT2D eigenvalue weighted by Crippen LogP contribution is -2.41. The van der Waals surface area contributed by atoms with Crippen LogP contribution in [0.25, 0.3) is 0 Å². The molecule has 8 heteroatoms. The van der Waals surface area contributed by atoms with Crippen molar-refractivity contribution in [3.8, 4) is 5.75 Å². The predicted octanol–water partition coefficient (Wildman–Crippen LogP) is 1.33. The molecule has 126 valence electrons. The first-order valence-corrected chi connectivity index (χ1v) is 8.53. The van der Waals surface area contributed by atoms with E-state index in [-0.39, 0.29) is 18.3 Å². The standard InChI is InChI=1S/C15H22N4O3S/c1-4-8-17-14(20)15(2,3)9-22-11-7-5-6-10-12(11)13(16)19-23(21)18-10/h5-7,18H,4,8-9H2,1-3H3,(H2,16,19)(H,17,20). The normalized spacial score (nSPS) is 16.8. The van der Waals surface area contributed by atoms with Gasteiger partial charge in [0.2, 0.25) is 17.1 Å². The molecule has 0 spiro atoms. The number of fused-ring (bicyclic) bond motifs is 1. The maximum Gasteiger partial charge on any atom is 0.245 e. The zero-order valence-corrected chi connectivity index (χ0v) is 14.3. The van der Waals surface area contributed by atoms with E-state index < -0.39 is 16.6 Å². The summed E-state index contributed by atoms with van der Waals surface area (Å²) >= 11 is -1.58. The Morgan fingerprint density at radius 3 is 2.91 bits per heavy atom. The van der Waals surface area contributed by atoms with Gasteiger partial charge in [-0.15, -0.1) is 0 Å². The topological polar surface area (TPSA) is 106 Å². The molecule has 0 saturated carbocycles. The van der Waals surface area contributed by atoms with Gasteiger partial charge in [0, 0.05) is 6.54 Å². The molecule has 4 N–H and O–H groups in total. The van der Waals surface area contributed by atoms with Gasteiger partial charge in [-0.05, 0) is 32.4 Å². The van der Waals surface area contributed by atoms with E-state index in [2.05, 4.69) is 14.4 Å². The van der Waals surface area contributed by atoms with Crippen LogP contribution in [0.5, 0.6) is 5.75 Å². The summed E-state index contributed by atoms with van der Waals surface area (Å²) in [6.07, 6.45) is 0.880. The van der Waals surface area contributed by atoms with Crippen LogP contribution in [0.1, 0.15) is 32.8 Å². The number of nitrogens with one attached hydrogen (secondary N) is 2. The molecule has 1 atom stereocenters. The minimum absolute atomic E-state index is 0.0648. The summed E-state index contributed by atoms with van der Waals surface area (Å²) in [7, 11) is 0. The smallest absolute Gasteiger partial charge is 0.245 e. The van der Waals surface area contributed by atoms with Gasteiger partial charge in [-0.1, -0.05) is 13.0 Å². The molecule has 0 aliphatic carbocycles. The highest BCUT2D eigenvalue weighted by Gasteiger charge is 2.29. The third-order valence-corrected chi connectivity index (χ3v) is 4.16. The van der Waals surface area contributed by atoms with Gasteiger partial charge in [-0.25, -0.2) is 4.21 Å². The molecule has 23 heavy (non-hydrogen) atoms. The summed E-state index contributed by atoms with van der Waals surface area (Å²) < 4.78 is 23.8. The van der Waals surface area contributed by atoms with Gasteiger partial charge in [0.15, 0.2) is 0 Å². The Labute approximate surface area is 138 Å². The number of nitrogens with two attached hydrogens (primary N) is 1. The molecule has 1 unspecified atom stereocenters. The summed E-state index contributed by atoms with van der Waals surface area (Å²) in [6, 6.07) is 5.26. The number of carbonyl (C=O) groups is 1. The Balaban J connectivity index is 2.14. The van der Waals surface area contributed by atoms with E-state index in [4.69, 9.17) is 10.5 Å². The number of amidine groups is 1. The molecule has 0 saturated heterocycles. The molecule has 7 nitrogen and oxygen atoms in total. The van der Waals surface area contributed by atoms with Crippen molar-refractivity contribution < 1.29 is 13.7 Å². The van der Waals surface area contributed by atoms with E-state index in [0.717, 1.165) is 6.42 Å². The fourth-order valence-electron chi connectivity index (χ4n) is 2.05. The molecule has 0 radical (unpaired) electrons. The first-order valence-electron chi connectivity index (χ1n) is 7.42. The number of benzene rings is 1. The van der Waals surface area contributed by atoms with E-state index >= 15 is 0 Å². The molecular formula is C15H22N4O3S. The van der Waals surface area contributed by atoms with Gasteiger partial charge in [0.25, 0.3) is 0 Å². The second-order valence-corrected chi connectivity index (χ2v) is 6.82. The highest BCUT2D eigenvalue weighted by Crippen LogP contribution is 2.30. The van der Waals surface area contributed by atoms with Crippen LogP contribution in [0.3, 0.4) is 0 Å². The third-order valence-electron chi connectivity index (χ3n) is 3.40. The predicted molar refractivity (Wildman–Crippen MR) is 91.5 cm³/mol. The van der Waals surface area contributed by atoms with Crippen LogP contribution in [0.4, 0.5) is 5.69 Å². The summed E-state index contributed by atoms with van der Waals surface area (Å²) in [5.74, 6) is 0.593. The minimum Gasteiger partial charge on any atom is -0.492 e. The zero-order chi connectivity index (χ0) is 17.0. The molecule has 1 aromatic rings. The van der Waals surface area contributed by atoms with Crippen LogP contribution >= 0.6 is 0 Å². The van der Waals surface area contributed by atoms with Crippen molar-refractivity contribution in [1.82, 2.24) is 5.32 Å². The fraction of sp³-hybridized carbons (Fsp3) is 0.467. The van der Waals surface area contributed by atoms with Crippen molar-refractivity contribution in [2.45, 2.75) is 27.2 Å². The Morgan fingerprint density at radius 2 is 2.22 bits per heavy atom. The van der Waals surface area contributed by atoms with Gasteiger partial charge in [0.05, 0.1) is 16.7 Å². The van der Waals surface area contributed by atoms with Crippen LogP contribution in [0.2, 0.25) is 0 Å². The number of carbonyl (C=O) groups excluding carboxylic acids is 1. The fourth-order valence-corrected chi connectivity index (χ4v) is 2.73. The lowest BCUT2D eigenvalue weighted by atomic mass is 9.93. The molecule has 0 bridgehead atoms. The summed E-state index contributed by atoms with van der Waals surface area (Å²) in [5.41, 5.74) is 6.34. The Bertz CT molecular complexity index is 658. The second kappa shape index (κ2) is 6.99. The van der Waals surface area contributed by atoms with Crippen LogP contribution in [0.15, 0.2) is 22.6 Å². The van der Waals surface area contributed by atoms with Gasteiger partial charge >= 0.3 is 0 Å². The van der Waals surface area contributed by atoms with Crippen molar-refractivity contribution in [2.24, 2.45) is 15.5 Å². The van der Waals surface area contributed by atoms with Crippen LogP contribution in [0, 0.1) is 5.41 Å². The Hall–Kier alpha value is -2.09. The third kappa shape index (κ3) is 4.01. The maximum atomic E-state index is 12.1.